The molecule has 2 aromatic carbocycles. The van der Waals surface area contributed by atoms with E-state index in [-0.39, 0.29) is 12.5 Å². The van der Waals surface area contributed by atoms with Crippen LogP contribution in [0.15, 0.2) is 59.1 Å². The molecule has 6 nitrogen and oxygen atoms in total. The molecule has 0 fully saturated rings. The van der Waals surface area contributed by atoms with Crippen LogP contribution in [0, 0.1) is 6.92 Å². The van der Waals surface area contributed by atoms with Crippen LogP contribution >= 0.6 is 0 Å². The van der Waals surface area contributed by atoms with Gasteiger partial charge in [0.15, 0.2) is 12.4 Å². The molecule has 128 valence electrons. The van der Waals surface area contributed by atoms with E-state index in [4.69, 9.17) is 9.26 Å². The van der Waals surface area contributed by atoms with Gasteiger partial charge < -0.3 is 14.2 Å². The highest BCUT2D eigenvalue weighted by Crippen LogP contribution is 2.22. The molecule has 0 aliphatic carbocycles. The molecule has 0 saturated heterocycles. The summed E-state index contributed by atoms with van der Waals surface area (Å²) in [5.74, 6) is 1.48. The normalized spacial score (nSPS) is 10.5. The number of aromatic nitrogens is 2. The average molecular weight is 337 g/mol. The van der Waals surface area contributed by atoms with Gasteiger partial charge >= 0.3 is 0 Å². The Labute approximate surface area is 146 Å². The third-order valence-corrected chi connectivity index (χ3v) is 3.66. The van der Waals surface area contributed by atoms with Crippen LogP contribution in [0.1, 0.15) is 11.4 Å². The summed E-state index contributed by atoms with van der Waals surface area (Å²) in [6.07, 6.45) is 0. The van der Waals surface area contributed by atoms with Crippen LogP contribution in [-0.4, -0.2) is 34.6 Å². The van der Waals surface area contributed by atoms with Crippen LogP contribution in [0.4, 0.5) is 0 Å². The van der Waals surface area contributed by atoms with Gasteiger partial charge in [0.2, 0.25) is 0 Å². The maximum atomic E-state index is 12.2. The third-order valence-electron chi connectivity index (χ3n) is 3.66. The van der Waals surface area contributed by atoms with E-state index in [1.165, 1.54) is 0 Å². The first-order valence-corrected chi connectivity index (χ1v) is 7.93. The van der Waals surface area contributed by atoms with Crippen molar-refractivity contribution in [3.05, 3.63) is 66.0 Å². The number of carbonyl (C=O) groups excluding carboxylic acids is 1. The second-order valence-electron chi connectivity index (χ2n) is 5.70. The Bertz CT molecular complexity index is 846. The van der Waals surface area contributed by atoms with E-state index in [0.717, 1.165) is 11.1 Å². The van der Waals surface area contributed by atoms with Crippen molar-refractivity contribution in [2.75, 3.05) is 13.7 Å². The molecule has 0 atom stereocenters. The molecule has 0 aliphatic rings. The first-order valence-electron chi connectivity index (χ1n) is 7.93. The van der Waals surface area contributed by atoms with Crippen LogP contribution in [-0.2, 0) is 11.3 Å². The first kappa shape index (κ1) is 16.7. The second kappa shape index (κ2) is 7.61. The fourth-order valence-electron chi connectivity index (χ4n) is 2.33. The molecule has 0 unspecified atom stereocenters. The zero-order valence-corrected chi connectivity index (χ0v) is 14.2. The molecule has 6 heteroatoms. The van der Waals surface area contributed by atoms with Crippen molar-refractivity contribution in [3.8, 4) is 17.2 Å². The average Bonchev–Trinajstić information content (AvgIpc) is 3.07. The quantitative estimate of drug-likeness (QED) is 0.691. The summed E-state index contributed by atoms with van der Waals surface area (Å²) in [5.41, 5.74) is 1.83. The minimum Gasteiger partial charge on any atom is -0.484 e. The fraction of sp³-hybridized carbons (Fsp3) is 0.211. The molecule has 3 rings (SSSR count). The molecular weight excluding hydrogens is 318 g/mol. The van der Waals surface area contributed by atoms with Gasteiger partial charge in [-0.05, 0) is 30.7 Å². The van der Waals surface area contributed by atoms with E-state index in [2.05, 4.69) is 10.1 Å². The highest BCUT2D eigenvalue weighted by Gasteiger charge is 2.11. The van der Waals surface area contributed by atoms with Gasteiger partial charge in [-0.25, -0.2) is 0 Å². The van der Waals surface area contributed by atoms with Crippen molar-refractivity contribution >= 4 is 5.91 Å². The molecule has 0 bridgehead atoms. The Morgan fingerprint density at radius 3 is 2.68 bits per heavy atom. The Morgan fingerprint density at radius 2 is 1.96 bits per heavy atom. The van der Waals surface area contributed by atoms with Gasteiger partial charge in [0.25, 0.3) is 11.8 Å². The van der Waals surface area contributed by atoms with Crippen LogP contribution < -0.4 is 4.74 Å². The van der Waals surface area contributed by atoms with E-state index in [1.807, 2.05) is 42.5 Å². The number of hydrogen-bond donors (Lipinski definition) is 0. The number of aryl methyl sites for hydroxylation is 1. The highest BCUT2D eigenvalue weighted by atomic mass is 16.5. The summed E-state index contributed by atoms with van der Waals surface area (Å²) in [6.45, 7) is 2.27. The van der Waals surface area contributed by atoms with Crippen molar-refractivity contribution in [2.45, 2.75) is 13.5 Å². The van der Waals surface area contributed by atoms with Crippen molar-refractivity contribution in [1.29, 1.82) is 0 Å². The van der Waals surface area contributed by atoms with Gasteiger partial charge in [-0.2, -0.15) is 4.98 Å². The Morgan fingerprint density at radius 1 is 1.16 bits per heavy atom. The number of carbonyl (C=O) groups is 1. The van der Waals surface area contributed by atoms with Crippen molar-refractivity contribution in [2.24, 2.45) is 0 Å². The molecule has 25 heavy (non-hydrogen) atoms. The van der Waals surface area contributed by atoms with Crippen LogP contribution in [0.25, 0.3) is 11.5 Å². The van der Waals surface area contributed by atoms with Crippen LogP contribution in [0.2, 0.25) is 0 Å². The lowest BCUT2D eigenvalue weighted by molar-refractivity contribution is -0.132. The van der Waals surface area contributed by atoms with Crippen molar-refractivity contribution in [1.82, 2.24) is 15.0 Å². The van der Waals surface area contributed by atoms with E-state index in [1.54, 1.807) is 31.0 Å². The molecule has 1 aromatic heterocycles. The Hall–Kier alpha value is -3.15. The molecule has 0 aliphatic heterocycles. The maximum Gasteiger partial charge on any atom is 0.260 e. The Balaban J connectivity index is 1.58. The topological polar surface area (TPSA) is 68.5 Å². The van der Waals surface area contributed by atoms with Gasteiger partial charge in [0.1, 0.15) is 5.75 Å². The van der Waals surface area contributed by atoms with Crippen LogP contribution in [0.5, 0.6) is 5.75 Å². The summed E-state index contributed by atoms with van der Waals surface area (Å²) < 4.78 is 10.8. The molecule has 0 radical (unpaired) electrons. The number of amides is 1. The van der Waals surface area contributed by atoms with E-state index < -0.39 is 0 Å². The largest absolute Gasteiger partial charge is 0.484 e. The smallest absolute Gasteiger partial charge is 0.260 e. The van der Waals surface area contributed by atoms with E-state index in [9.17, 15) is 4.79 Å². The number of rotatable bonds is 6. The monoisotopic (exact) mass is 337 g/mol. The minimum absolute atomic E-state index is 0.0321. The summed E-state index contributed by atoms with van der Waals surface area (Å²) in [4.78, 5) is 18.1. The standard InChI is InChI=1S/C19H19N3O3/c1-14-20-19(25-21-14)16-9-6-10-17(11-16)24-13-18(23)22(2)12-15-7-4-3-5-8-15/h3-11H,12-13H2,1-2H3. The summed E-state index contributed by atoms with van der Waals surface area (Å²) in [7, 11) is 1.76. The number of likely N-dealkylation sites (N-methyl/N-ethyl adjacent to an activating group) is 1. The van der Waals surface area contributed by atoms with Gasteiger partial charge in [-0.1, -0.05) is 41.6 Å². The first-order chi connectivity index (χ1) is 12.1. The minimum atomic E-state index is -0.0945. The van der Waals surface area contributed by atoms with E-state index >= 15 is 0 Å². The van der Waals surface area contributed by atoms with Crippen molar-refractivity contribution < 1.29 is 14.1 Å². The SMILES string of the molecule is Cc1noc(-c2cccc(OCC(=O)N(C)Cc3ccccc3)c2)n1. The predicted molar refractivity (Wildman–Crippen MR) is 92.9 cm³/mol. The molecule has 1 amide bonds. The lowest BCUT2D eigenvalue weighted by atomic mass is 10.2. The lowest BCUT2D eigenvalue weighted by Gasteiger charge is -2.17. The third kappa shape index (κ3) is 4.44. The molecule has 3 aromatic rings. The van der Waals surface area contributed by atoms with Gasteiger partial charge in [0.05, 0.1) is 0 Å². The molecule has 1 heterocycles. The second-order valence-corrected chi connectivity index (χ2v) is 5.70. The number of benzene rings is 2. The summed E-state index contributed by atoms with van der Waals surface area (Å²) >= 11 is 0. The fourth-order valence-corrected chi connectivity index (χ4v) is 2.33. The predicted octanol–water partition coefficient (Wildman–Crippen LogP) is 3.08. The molecule has 0 spiro atoms. The van der Waals surface area contributed by atoms with Crippen molar-refractivity contribution in [3.63, 3.8) is 0 Å². The number of hydrogen-bond acceptors (Lipinski definition) is 5. The molecule has 0 saturated carbocycles. The Kier molecular flexibility index (Phi) is 5.09. The van der Waals surface area contributed by atoms with Gasteiger partial charge in [-0.3, -0.25) is 4.79 Å². The van der Waals surface area contributed by atoms with Gasteiger partial charge in [0, 0.05) is 19.2 Å². The molecular formula is C19H19N3O3. The van der Waals surface area contributed by atoms with Crippen LogP contribution in [0.3, 0.4) is 0 Å². The highest BCUT2D eigenvalue weighted by molar-refractivity contribution is 5.77. The summed E-state index contributed by atoms with van der Waals surface area (Å²) in [5, 5.41) is 3.77. The zero-order valence-electron chi connectivity index (χ0n) is 14.2. The molecule has 0 N–H and O–H groups in total. The maximum absolute atomic E-state index is 12.2. The number of nitrogens with zero attached hydrogens (tertiary/aromatic N) is 3. The number of ether oxygens (including phenoxy) is 1. The van der Waals surface area contributed by atoms with E-state index in [0.29, 0.717) is 24.0 Å². The van der Waals surface area contributed by atoms with Gasteiger partial charge in [-0.15, -0.1) is 0 Å². The lowest BCUT2D eigenvalue weighted by Crippen LogP contribution is -2.30. The zero-order chi connectivity index (χ0) is 17.6. The summed E-state index contributed by atoms with van der Waals surface area (Å²) in [6, 6.07) is 17.1.